The molecule has 0 bridgehead atoms. The van der Waals surface area contributed by atoms with Crippen LogP contribution in [-0.2, 0) is 10.0 Å². The molecule has 1 rings (SSSR count). The van der Waals surface area contributed by atoms with E-state index in [4.69, 9.17) is 11.6 Å². The Labute approximate surface area is 115 Å². The van der Waals surface area contributed by atoms with E-state index >= 15 is 0 Å². The highest BCUT2D eigenvalue weighted by atomic mass is 79.9. The van der Waals surface area contributed by atoms with Gasteiger partial charge in [0, 0.05) is 28.3 Å². The molecule has 17 heavy (non-hydrogen) atoms. The Morgan fingerprint density at radius 2 is 2.12 bits per heavy atom. The Kier molecular flexibility index (Phi) is 5.37. The molecule has 0 radical (unpaired) electrons. The van der Waals surface area contributed by atoms with Crippen LogP contribution in [0.1, 0.15) is 20.3 Å². The first-order valence-corrected chi connectivity index (χ1v) is 7.79. The lowest BCUT2D eigenvalue weighted by Crippen LogP contribution is -2.34. The lowest BCUT2D eigenvalue weighted by atomic mass is 10.2. The van der Waals surface area contributed by atoms with Gasteiger partial charge in [0.1, 0.15) is 4.90 Å². The van der Waals surface area contributed by atoms with Crippen LogP contribution in [0.25, 0.3) is 0 Å². The zero-order valence-corrected chi connectivity index (χ0v) is 12.7. The molecule has 0 amide bonds. The first-order valence-electron chi connectivity index (χ1n) is 5.08. The molecular formula is C10H14BrClN2O2S. The van der Waals surface area contributed by atoms with Crippen LogP contribution in [0.2, 0.25) is 0 Å². The van der Waals surface area contributed by atoms with Crippen molar-refractivity contribution in [1.29, 1.82) is 0 Å². The summed E-state index contributed by atoms with van der Waals surface area (Å²) in [4.78, 5) is 3.97. The van der Waals surface area contributed by atoms with Crippen LogP contribution in [-0.4, -0.2) is 24.8 Å². The minimum Gasteiger partial charge on any atom is -0.262 e. The smallest absolute Gasteiger partial charge is 0.242 e. The van der Waals surface area contributed by atoms with Gasteiger partial charge < -0.3 is 0 Å². The molecule has 0 aliphatic carbocycles. The van der Waals surface area contributed by atoms with E-state index in [2.05, 4.69) is 25.6 Å². The molecule has 1 aromatic heterocycles. The molecule has 2 atom stereocenters. The molecule has 1 heterocycles. The number of pyridine rings is 1. The van der Waals surface area contributed by atoms with E-state index in [0.717, 1.165) is 0 Å². The predicted octanol–water partition coefficient (Wildman–Crippen LogP) is 2.53. The fourth-order valence-electron chi connectivity index (χ4n) is 1.41. The van der Waals surface area contributed by atoms with Gasteiger partial charge in [0.05, 0.1) is 0 Å². The van der Waals surface area contributed by atoms with E-state index < -0.39 is 10.0 Å². The molecule has 1 N–H and O–H groups in total. The monoisotopic (exact) mass is 340 g/mol. The normalized spacial score (nSPS) is 15.5. The highest BCUT2D eigenvalue weighted by Gasteiger charge is 2.18. The summed E-state index contributed by atoms with van der Waals surface area (Å²) in [6.07, 6.45) is 3.41. The van der Waals surface area contributed by atoms with E-state index in [1.807, 2.05) is 6.92 Å². The van der Waals surface area contributed by atoms with Crippen molar-refractivity contribution in [1.82, 2.24) is 9.71 Å². The number of rotatable bonds is 5. The van der Waals surface area contributed by atoms with Crippen LogP contribution in [0, 0.1) is 0 Å². The van der Waals surface area contributed by atoms with Crippen LogP contribution in [0.3, 0.4) is 0 Å². The number of nitrogens with zero attached hydrogens (tertiary/aromatic N) is 1. The Morgan fingerprint density at radius 3 is 2.65 bits per heavy atom. The van der Waals surface area contributed by atoms with Crippen molar-refractivity contribution >= 4 is 37.6 Å². The molecule has 0 saturated heterocycles. The van der Waals surface area contributed by atoms with E-state index in [1.165, 1.54) is 18.5 Å². The van der Waals surface area contributed by atoms with Crippen molar-refractivity contribution in [3.8, 4) is 0 Å². The second kappa shape index (κ2) is 6.13. The number of nitrogens with one attached hydrogen (secondary N) is 1. The lowest BCUT2D eigenvalue weighted by molar-refractivity contribution is 0.545. The predicted molar refractivity (Wildman–Crippen MR) is 71.7 cm³/mol. The Balaban J connectivity index is 2.82. The van der Waals surface area contributed by atoms with Crippen LogP contribution in [0.5, 0.6) is 0 Å². The van der Waals surface area contributed by atoms with E-state index in [9.17, 15) is 8.42 Å². The van der Waals surface area contributed by atoms with Crippen LogP contribution < -0.4 is 4.72 Å². The van der Waals surface area contributed by atoms with Crippen LogP contribution in [0.15, 0.2) is 27.8 Å². The fourth-order valence-corrected chi connectivity index (χ4v) is 3.43. The quantitative estimate of drug-likeness (QED) is 0.837. The number of alkyl halides is 1. The molecule has 0 aliphatic heterocycles. The van der Waals surface area contributed by atoms with Crippen LogP contribution in [0.4, 0.5) is 0 Å². The van der Waals surface area contributed by atoms with Crippen molar-refractivity contribution in [2.24, 2.45) is 0 Å². The molecule has 96 valence electrons. The van der Waals surface area contributed by atoms with Crippen molar-refractivity contribution in [3.63, 3.8) is 0 Å². The third-order valence-corrected chi connectivity index (χ3v) is 4.19. The highest BCUT2D eigenvalue weighted by molar-refractivity contribution is 9.10. The number of aromatic nitrogens is 1. The van der Waals surface area contributed by atoms with E-state index in [0.29, 0.717) is 10.9 Å². The van der Waals surface area contributed by atoms with Gasteiger partial charge in [-0.3, -0.25) is 4.98 Å². The molecule has 0 aromatic carbocycles. The highest BCUT2D eigenvalue weighted by Crippen LogP contribution is 2.15. The first kappa shape index (κ1) is 14.9. The fraction of sp³-hybridized carbons (Fsp3) is 0.500. The van der Waals surface area contributed by atoms with Gasteiger partial charge in [-0.2, -0.15) is 0 Å². The van der Waals surface area contributed by atoms with Gasteiger partial charge in [-0.05, 0) is 42.3 Å². The minimum atomic E-state index is -3.53. The summed E-state index contributed by atoms with van der Waals surface area (Å²) >= 11 is 9.00. The van der Waals surface area contributed by atoms with Crippen LogP contribution >= 0.6 is 27.5 Å². The molecule has 7 heteroatoms. The summed E-state index contributed by atoms with van der Waals surface area (Å²) in [6, 6.07) is 1.29. The minimum absolute atomic E-state index is 0.0756. The van der Waals surface area contributed by atoms with E-state index in [-0.39, 0.29) is 16.3 Å². The average Bonchev–Trinajstić information content (AvgIpc) is 2.15. The summed E-state index contributed by atoms with van der Waals surface area (Å²) in [5, 5.41) is -0.0756. The van der Waals surface area contributed by atoms with Gasteiger partial charge >= 0.3 is 0 Å². The summed E-state index contributed by atoms with van der Waals surface area (Å²) in [6.45, 7) is 3.61. The summed E-state index contributed by atoms with van der Waals surface area (Å²) < 4.78 is 27.1. The number of sulfonamides is 1. The maximum absolute atomic E-state index is 12.0. The number of hydrogen-bond donors (Lipinski definition) is 1. The SMILES string of the molecule is CC(Cl)CC(C)NS(=O)(=O)c1cncc(Br)c1. The third kappa shape index (κ3) is 4.91. The topological polar surface area (TPSA) is 59.1 Å². The second-order valence-electron chi connectivity index (χ2n) is 3.88. The molecule has 0 saturated carbocycles. The Morgan fingerprint density at radius 1 is 1.47 bits per heavy atom. The van der Waals surface area contributed by atoms with Crippen molar-refractivity contribution in [3.05, 3.63) is 22.9 Å². The van der Waals surface area contributed by atoms with E-state index in [1.54, 1.807) is 6.92 Å². The maximum Gasteiger partial charge on any atom is 0.242 e. The van der Waals surface area contributed by atoms with Gasteiger partial charge in [0.15, 0.2) is 0 Å². The number of hydrogen-bond acceptors (Lipinski definition) is 3. The molecular weight excluding hydrogens is 328 g/mol. The maximum atomic E-state index is 12.0. The van der Waals surface area contributed by atoms with Gasteiger partial charge in [0.25, 0.3) is 0 Å². The molecule has 0 spiro atoms. The molecule has 2 unspecified atom stereocenters. The van der Waals surface area contributed by atoms with Gasteiger partial charge in [0.2, 0.25) is 10.0 Å². The summed E-state index contributed by atoms with van der Waals surface area (Å²) in [7, 11) is -3.53. The average molecular weight is 342 g/mol. The zero-order valence-electron chi connectivity index (χ0n) is 9.52. The second-order valence-corrected chi connectivity index (χ2v) is 7.25. The standard InChI is InChI=1S/C10H14BrClN2O2S/c1-7(12)3-8(2)14-17(15,16)10-4-9(11)5-13-6-10/h4-8,14H,3H2,1-2H3. The first-order chi connectivity index (χ1) is 7.81. The molecule has 0 fully saturated rings. The van der Waals surface area contributed by atoms with Crippen molar-refractivity contribution in [2.45, 2.75) is 36.6 Å². The van der Waals surface area contributed by atoms with Gasteiger partial charge in [-0.25, -0.2) is 13.1 Å². The third-order valence-electron chi connectivity index (χ3n) is 2.02. The molecule has 4 nitrogen and oxygen atoms in total. The lowest BCUT2D eigenvalue weighted by Gasteiger charge is -2.15. The number of halogens is 2. The summed E-state index contributed by atoms with van der Waals surface area (Å²) in [5.74, 6) is 0. The Hall–Kier alpha value is -0.170. The Bertz CT molecular complexity index is 479. The zero-order chi connectivity index (χ0) is 13.1. The molecule has 1 aromatic rings. The summed E-state index contributed by atoms with van der Waals surface area (Å²) in [5.41, 5.74) is 0. The molecule has 0 aliphatic rings. The van der Waals surface area contributed by atoms with Gasteiger partial charge in [-0.1, -0.05) is 0 Å². The largest absolute Gasteiger partial charge is 0.262 e. The van der Waals surface area contributed by atoms with Crippen molar-refractivity contribution in [2.75, 3.05) is 0 Å². The van der Waals surface area contributed by atoms with Crippen molar-refractivity contribution < 1.29 is 8.42 Å². The van der Waals surface area contributed by atoms with Gasteiger partial charge in [-0.15, -0.1) is 11.6 Å².